The summed E-state index contributed by atoms with van der Waals surface area (Å²) in [6.07, 6.45) is 5.72. The van der Waals surface area contributed by atoms with Crippen LogP contribution in [-0.4, -0.2) is 116 Å². The minimum Gasteiger partial charge on any atom is -0.371 e. The Bertz CT molecular complexity index is 2640. The fourth-order valence-electron chi connectivity index (χ4n) is 9.06. The van der Waals surface area contributed by atoms with Gasteiger partial charge < -0.3 is 20.4 Å². The van der Waals surface area contributed by atoms with Gasteiger partial charge in [0.15, 0.2) is 5.69 Å². The Hall–Kier alpha value is -7.01. The third-order valence-electron chi connectivity index (χ3n) is 12.9. The predicted molar refractivity (Wildman–Crippen MR) is 245 cm³/mol. The first-order valence-corrected chi connectivity index (χ1v) is 22.4. The summed E-state index contributed by atoms with van der Waals surface area (Å²) in [7, 11) is 0. The number of benzene rings is 3. The third-order valence-corrected chi connectivity index (χ3v) is 12.9. The number of nitrogens with one attached hydrogen (secondary N) is 3. The smallest absolute Gasteiger partial charge is 0.273 e. The van der Waals surface area contributed by atoms with E-state index in [1.165, 1.54) is 5.69 Å². The zero-order valence-electron chi connectivity index (χ0n) is 37.2. The van der Waals surface area contributed by atoms with Crippen LogP contribution < -0.4 is 25.8 Å². The molecule has 0 saturated carbocycles. The lowest BCUT2D eigenvalue weighted by atomic mass is 9.95. The number of aryl methyl sites for hydroxylation is 1. The van der Waals surface area contributed by atoms with Gasteiger partial charge in [0.2, 0.25) is 17.8 Å². The molecule has 65 heavy (non-hydrogen) atoms. The van der Waals surface area contributed by atoms with Crippen LogP contribution in [0.5, 0.6) is 0 Å². The maximum absolute atomic E-state index is 13.4. The molecule has 4 aliphatic heterocycles. The molecular formula is C48H54N12O5. The van der Waals surface area contributed by atoms with Gasteiger partial charge in [-0.2, -0.15) is 0 Å². The summed E-state index contributed by atoms with van der Waals surface area (Å²) >= 11 is 0. The standard InChI is InChI=1S/C48H54N12O5/c1-30-25-32(5-6-33(30)27-50-43(62)40-29-59(55-54-40)48(2,3)4)39-15-18-49-47(52-39)51-34-7-9-35(10-8-34)58-23-21-56(22-24-58)28-31-16-19-57(20-17-31)36-11-12-37-38(26-36)46(65)60(45(37)64)41-13-14-42(61)53-44(41)63/h5-12,15,18,25-26,29,31,41H,13-14,16-17,19-24,27-28H2,1-4H3,(H,50,62)(H,49,51,52)(H,53,61,63). The molecule has 0 spiro atoms. The van der Waals surface area contributed by atoms with Crippen LogP contribution in [0.15, 0.2) is 79.1 Å². The predicted octanol–water partition coefficient (Wildman–Crippen LogP) is 4.91. The molecule has 1 atom stereocenters. The molecule has 6 heterocycles. The van der Waals surface area contributed by atoms with Crippen molar-refractivity contribution in [2.24, 2.45) is 5.92 Å². The number of piperidine rings is 2. The summed E-state index contributed by atoms with van der Waals surface area (Å²) in [5.74, 6) is -1.14. The maximum Gasteiger partial charge on any atom is 0.273 e. The highest BCUT2D eigenvalue weighted by Crippen LogP contribution is 2.33. The molecule has 0 aliphatic carbocycles. The van der Waals surface area contributed by atoms with Crippen LogP contribution in [0.3, 0.4) is 0 Å². The average Bonchev–Trinajstić information content (AvgIpc) is 3.90. The Morgan fingerprint density at radius 2 is 1.54 bits per heavy atom. The molecule has 5 amide bonds. The van der Waals surface area contributed by atoms with Crippen molar-refractivity contribution >= 4 is 52.5 Å². The number of hydrogen-bond donors (Lipinski definition) is 3. The Morgan fingerprint density at radius 3 is 2.25 bits per heavy atom. The summed E-state index contributed by atoms with van der Waals surface area (Å²) < 4.78 is 1.68. The van der Waals surface area contributed by atoms with Crippen molar-refractivity contribution < 1.29 is 24.0 Å². The molecule has 17 nitrogen and oxygen atoms in total. The van der Waals surface area contributed by atoms with E-state index in [2.05, 4.69) is 76.3 Å². The maximum atomic E-state index is 13.4. The van der Waals surface area contributed by atoms with Gasteiger partial charge in [-0.3, -0.25) is 39.1 Å². The van der Waals surface area contributed by atoms with Gasteiger partial charge in [0.25, 0.3) is 17.7 Å². The van der Waals surface area contributed by atoms with Crippen molar-refractivity contribution in [2.45, 2.75) is 71.5 Å². The minimum atomic E-state index is -0.969. The van der Waals surface area contributed by atoms with Gasteiger partial charge >= 0.3 is 0 Å². The van der Waals surface area contributed by atoms with Crippen molar-refractivity contribution in [2.75, 3.05) is 60.9 Å². The second-order valence-electron chi connectivity index (χ2n) is 18.4. The molecular weight excluding hydrogens is 825 g/mol. The number of aromatic nitrogens is 5. The van der Waals surface area contributed by atoms with Crippen molar-refractivity contribution in [3.05, 3.63) is 107 Å². The number of rotatable bonds is 11. The van der Waals surface area contributed by atoms with E-state index in [0.717, 1.165) is 97.3 Å². The van der Waals surface area contributed by atoms with E-state index in [9.17, 15) is 24.0 Å². The zero-order valence-corrected chi connectivity index (χ0v) is 37.2. The molecule has 0 radical (unpaired) electrons. The van der Waals surface area contributed by atoms with Crippen molar-refractivity contribution in [1.82, 2.24) is 45.4 Å². The molecule has 3 aromatic carbocycles. The van der Waals surface area contributed by atoms with Gasteiger partial charge in [0.05, 0.1) is 28.6 Å². The number of carbonyl (C=O) groups is 5. The molecule has 9 rings (SSSR count). The minimum absolute atomic E-state index is 0.0952. The molecule has 336 valence electrons. The topological polar surface area (TPSA) is 191 Å². The molecule has 17 heteroatoms. The molecule has 3 saturated heterocycles. The molecule has 3 N–H and O–H groups in total. The molecule has 4 aliphatic rings. The van der Waals surface area contributed by atoms with Crippen molar-refractivity contribution in [1.29, 1.82) is 0 Å². The second kappa shape index (κ2) is 17.9. The lowest BCUT2D eigenvalue weighted by Gasteiger charge is -2.40. The number of anilines is 4. The largest absolute Gasteiger partial charge is 0.371 e. The second-order valence-corrected chi connectivity index (χ2v) is 18.4. The third kappa shape index (κ3) is 9.32. The van der Waals surface area contributed by atoms with Crippen LogP contribution in [-0.2, 0) is 21.7 Å². The number of carbonyl (C=O) groups excluding carboxylic acids is 5. The first-order valence-electron chi connectivity index (χ1n) is 22.4. The first kappa shape index (κ1) is 43.3. The molecule has 1 unspecified atom stereocenters. The van der Waals surface area contributed by atoms with E-state index in [-0.39, 0.29) is 35.9 Å². The van der Waals surface area contributed by atoms with Crippen molar-refractivity contribution in [3.8, 4) is 11.3 Å². The van der Waals surface area contributed by atoms with Crippen LogP contribution in [0.25, 0.3) is 11.3 Å². The number of nitrogens with zero attached hydrogens (tertiary/aromatic N) is 9. The van der Waals surface area contributed by atoms with Gasteiger partial charge in [0, 0.05) is 87.6 Å². The Morgan fingerprint density at radius 1 is 0.815 bits per heavy atom. The lowest BCUT2D eigenvalue weighted by Crippen LogP contribution is -2.54. The first-order chi connectivity index (χ1) is 31.3. The summed E-state index contributed by atoms with van der Waals surface area (Å²) in [4.78, 5) is 80.9. The summed E-state index contributed by atoms with van der Waals surface area (Å²) in [5.41, 5.74) is 7.39. The number of amides is 5. The Labute approximate surface area is 377 Å². The van der Waals surface area contributed by atoms with Crippen LogP contribution in [0.2, 0.25) is 0 Å². The van der Waals surface area contributed by atoms with Gasteiger partial charge in [-0.25, -0.2) is 14.6 Å². The van der Waals surface area contributed by atoms with E-state index in [0.29, 0.717) is 29.5 Å². The molecule has 2 aromatic heterocycles. The van der Waals surface area contributed by atoms with Crippen LogP contribution in [0.4, 0.5) is 23.0 Å². The molecule has 0 bridgehead atoms. The van der Waals surface area contributed by atoms with Crippen LogP contribution in [0.1, 0.15) is 88.8 Å². The van der Waals surface area contributed by atoms with E-state index in [1.54, 1.807) is 29.2 Å². The average molecular weight is 879 g/mol. The van der Waals surface area contributed by atoms with Gasteiger partial charge in [0.1, 0.15) is 6.04 Å². The van der Waals surface area contributed by atoms with Gasteiger partial charge in [-0.05, 0) is 119 Å². The lowest BCUT2D eigenvalue weighted by molar-refractivity contribution is -0.136. The van der Waals surface area contributed by atoms with Crippen molar-refractivity contribution in [3.63, 3.8) is 0 Å². The highest BCUT2D eigenvalue weighted by atomic mass is 16.2. The van der Waals surface area contributed by atoms with E-state index in [4.69, 9.17) is 4.98 Å². The zero-order chi connectivity index (χ0) is 45.4. The van der Waals surface area contributed by atoms with Gasteiger partial charge in [-0.15, -0.1) is 5.10 Å². The highest BCUT2D eigenvalue weighted by Gasteiger charge is 2.45. The fraction of sp³-hybridized carbons (Fsp3) is 0.396. The number of imide groups is 2. The molecule has 5 aromatic rings. The monoisotopic (exact) mass is 878 g/mol. The summed E-state index contributed by atoms with van der Waals surface area (Å²) in [6, 6.07) is 20.8. The van der Waals surface area contributed by atoms with Crippen LogP contribution >= 0.6 is 0 Å². The fourth-order valence-corrected chi connectivity index (χ4v) is 9.06. The quantitative estimate of drug-likeness (QED) is 0.152. The Kier molecular flexibility index (Phi) is 11.9. The normalized spacial score (nSPS) is 18.5. The summed E-state index contributed by atoms with van der Waals surface area (Å²) in [5, 5.41) is 16.7. The molecule has 3 fully saturated rings. The van der Waals surface area contributed by atoms with E-state index in [1.807, 2.05) is 52.0 Å². The highest BCUT2D eigenvalue weighted by molar-refractivity contribution is 6.23. The number of hydrogen-bond acceptors (Lipinski definition) is 13. The van der Waals surface area contributed by atoms with Gasteiger partial charge in [-0.1, -0.05) is 17.3 Å². The van der Waals surface area contributed by atoms with E-state index >= 15 is 0 Å². The van der Waals surface area contributed by atoms with Crippen LogP contribution in [0, 0.1) is 12.8 Å². The number of piperazine rings is 1. The van der Waals surface area contributed by atoms with E-state index < -0.39 is 23.8 Å². The summed E-state index contributed by atoms with van der Waals surface area (Å²) in [6.45, 7) is 15.0. The number of fused-ring (bicyclic) bond motifs is 1. The SMILES string of the molecule is Cc1cc(-c2ccnc(Nc3ccc(N4CCN(CC5CCN(c6ccc7c(c6)C(=O)N(C6CCC(=O)NC6=O)C7=O)CC5)CC4)cc3)n2)ccc1CNC(=O)c1cn(C(C)(C)C)nn1. The Balaban J connectivity index is 0.722.